The summed E-state index contributed by atoms with van der Waals surface area (Å²) in [5, 5.41) is 0. The Labute approximate surface area is 443 Å². The van der Waals surface area contributed by atoms with E-state index in [2.05, 4.69) is 136 Å². The summed E-state index contributed by atoms with van der Waals surface area (Å²) in [6.45, 7) is 6.41. The molecule has 0 aliphatic rings. The predicted octanol–water partition coefficient (Wildman–Crippen LogP) is 20.0. The van der Waals surface area contributed by atoms with Crippen LogP contribution in [-0.4, -0.2) is 37.2 Å². The number of rotatable bonds is 52. The van der Waals surface area contributed by atoms with E-state index in [0.717, 1.165) is 96.3 Å². The Hall–Kier alpha value is -4.19. The standard InChI is InChI=1S/C66H108O6/c1-4-7-10-13-16-19-22-25-28-31-33-35-38-41-44-47-50-53-56-59-65(68)71-62-63(61-70-64(67)58-55-52-49-46-43-40-37-30-27-24-21-18-15-12-9-6-3)72-66(69)60-57-54-51-48-45-42-39-36-34-32-29-26-23-20-17-14-11-8-5-2/h7,10,16-17,19-20,25-26,28-29,33-36,41-42,44-45,50,53,63H,4-6,8-9,11-15,18,21-24,27,30-32,37-40,43,46-49,51-52,54-62H2,1-3H3/b10-7-,19-16-,20-17-,28-25-,29-26-,35-33-,36-34-,44-41-,45-42-,53-50-/t63-/m1/s1. The van der Waals surface area contributed by atoms with Gasteiger partial charge in [-0.25, -0.2) is 0 Å². The summed E-state index contributed by atoms with van der Waals surface area (Å²) in [5.74, 6) is -1.03. The van der Waals surface area contributed by atoms with Crippen molar-refractivity contribution in [3.63, 3.8) is 0 Å². The van der Waals surface area contributed by atoms with Crippen molar-refractivity contribution in [1.29, 1.82) is 0 Å². The molecule has 0 aromatic heterocycles. The Morgan fingerprint density at radius 3 is 0.958 bits per heavy atom. The summed E-state index contributed by atoms with van der Waals surface area (Å²) in [6, 6.07) is 0. The fourth-order valence-corrected chi connectivity index (χ4v) is 7.80. The van der Waals surface area contributed by atoms with Gasteiger partial charge in [-0.1, -0.05) is 258 Å². The molecule has 0 heterocycles. The first-order valence-corrected chi connectivity index (χ1v) is 29.5. The van der Waals surface area contributed by atoms with E-state index in [1.165, 1.54) is 109 Å². The van der Waals surface area contributed by atoms with Gasteiger partial charge in [-0.3, -0.25) is 14.4 Å². The number of carbonyl (C=O) groups is 3. The van der Waals surface area contributed by atoms with Gasteiger partial charge < -0.3 is 14.2 Å². The molecule has 1 atom stereocenters. The molecule has 6 heteroatoms. The van der Waals surface area contributed by atoms with Crippen molar-refractivity contribution in [2.75, 3.05) is 13.2 Å². The number of carbonyl (C=O) groups excluding carboxylic acids is 3. The fraction of sp³-hybridized carbons (Fsp3) is 0.652. The summed E-state index contributed by atoms with van der Waals surface area (Å²) < 4.78 is 16.8. The molecule has 0 saturated carbocycles. The van der Waals surface area contributed by atoms with E-state index in [9.17, 15) is 14.4 Å². The summed E-state index contributed by atoms with van der Waals surface area (Å²) in [6.07, 6.45) is 82.0. The number of hydrogen-bond donors (Lipinski definition) is 0. The van der Waals surface area contributed by atoms with Crippen LogP contribution in [0, 0.1) is 0 Å². The van der Waals surface area contributed by atoms with Gasteiger partial charge in [-0.05, 0) is 103 Å². The second-order valence-corrected chi connectivity index (χ2v) is 19.2. The Bertz CT molecular complexity index is 1520. The molecule has 0 aliphatic heterocycles. The van der Waals surface area contributed by atoms with Crippen LogP contribution < -0.4 is 0 Å². The number of allylic oxidation sites excluding steroid dienone is 20. The summed E-state index contributed by atoms with van der Waals surface area (Å²) in [7, 11) is 0. The van der Waals surface area contributed by atoms with Crippen LogP contribution in [0.2, 0.25) is 0 Å². The van der Waals surface area contributed by atoms with E-state index >= 15 is 0 Å². The van der Waals surface area contributed by atoms with Gasteiger partial charge in [0.05, 0.1) is 0 Å². The average Bonchev–Trinajstić information content (AvgIpc) is 3.38. The van der Waals surface area contributed by atoms with Crippen molar-refractivity contribution in [2.24, 2.45) is 0 Å². The highest BCUT2D eigenvalue weighted by Crippen LogP contribution is 2.15. The second-order valence-electron chi connectivity index (χ2n) is 19.2. The van der Waals surface area contributed by atoms with E-state index in [-0.39, 0.29) is 44.0 Å². The molecule has 0 unspecified atom stereocenters. The van der Waals surface area contributed by atoms with Crippen molar-refractivity contribution in [3.8, 4) is 0 Å². The molecule has 0 radical (unpaired) electrons. The molecular weight excluding hydrogens is 889 g/mol. The van der Waals surface area contributed by atoms with Crippen LogP contribution in [0.4, 0.5) is 0 Å². The van der Waals surface area contributed by atoms with Crippen molar-refractivity contribution in [2.45, 2.75) is 264 Å². The van der Waals surface area contributed by atoms with Gasteiger partial charge in [-0.2, -0.15) is 0 Å². The quantitative estimate of drug-likeness (QED) is 0.0261. The number of hydrogen-bond acceptors (Lipinski definition) is 6. The van der Waals surface area contributed by atoms with Gasteiger partial charge in [0.15, 0.2) is 6.10 Å². The number of esters is 3. The van der Waals surface area contributed by atoms with Crippen LogP contribution in [-0.2, 0) is 28.6 Å². The highest BCUT2D eigenvalue weighted by atomic mass is 16.6. The maximum absolute atomic E-state index is 12.9. The molecule has 0 bridgehead atoms. The van der Waals surface area contributed by atoms with Crippen LogP contribution >= 0.6 is 0 Å². The van der Waals surface area contributed by atoms with E-state index in [4.69, 9.17) is 14.2 Å². The van der Waals surface area contributed by atoms with Crippen LogP contribution in [0.25, 0.3) is 0 Å². The molecule has 0 aliphatic carbocycles. The third-order valence-electron chi connectivity index (χ3n) is 12.2. The van der Waals surface area contributed by atoms with Crippen molar-refractivity contribution < 1.29 is 28.6 Å². The van der Waals surface area contributed by atoms with Gasteiger partial charge in [0.25, 0.3) is 0 Å². The van der Waals surface area contributed by atoms with Crippen LogP contribution in [0.3, 0.4) is 0 Å². The summed E-state index contributed by atoms with van der Waals surface area (Å²) >= 11 is 0. The lowest BCUT2D eigenvalue weighted by Gasteiger charge is -2.18. The molecule has 408 valence electrons. The molecule has 0 N–H and O–H groups in total. The van der Waals surface area contributed by atoms with Crippen LogP contribution in [0.15, 0.2) is 122 Å². The van der Waals surface area contributed by atoms with Crippen molar-refractivity contribution in [1.82, 2.24) is 0 Å². The first-order valence-electron chi connectivity index (χ1n) is 29.5. The minimum atomic E-state index is -0.828. The first kappa shape index (κ1) is 67.8. The van der Waals surface area contributed by atoms with Crippen LogP contribution in [0.5, 0.6) is 0 Å². The lowest BCUT2D eigenvalue weighted by Crippen LogP contribution is -2.30. The fourth-order valence-electron chi connectivity index (χ4n) is 7.80. The van der Waals surface area contributed by atoms with E-state index < -0.39 is 6.10 Å². The van der Waals surface area contributed by atoms with Gasteiger partial charge >= 0.3 is 17.9 Å². The Morgan fingerprint density at radius 1 is 0.292 bits per heavy atom. The third kappa shape index (κ3) is 56.7. The Kier molecular flexibility index (Phi) is 55.9. The molecule has 0 rings (SSSR count). The third-order valence-corrected chi connectivity index (χ3v) is 12.2. The SMILES string of the molecule is CC/C=C\C/C=C\C/C=C\C/C=C\C/C=C\C/C=C\CCC(=O)OC[C@@H](COC(=O)CCCCCCCCCCCCCCCCCC)OC(=O)CCCCC/C=C\C/C=C\C/C=C\C/C=C\CCCCC. The molecule has 0 saturated heterocycles. The maximum atomic E-state index is 12.9. The Balaban J connectivity index is 4.57. The second kappa shape index (κ2) is 59.4. The number of ether oxygens (including phenoxy) is 3. The zero-order chi connectivity index (χ0) is 52.2. The van der Waals surface area contributed by atoms with Crippen molar-refractivity contribution >= 4 is 17.9 Å². The highest BCUT2D eigenvalue weighted by Gasteiger charge is 2.19. The lowest BCUT2D eigenvalue weighted by molar-refractivity contribution is -0.166. The molecule has 0 aromatic rings. The zero-order valence-electron chi connectivity index (χ0n) is 46.7. The Morgan fingerprint density at radius 2 is 0.569 bits per heavy atom. The zero-order valence-corrected chi connectivity index (χ0v) is 46.7. The predicted molar refractivity (Wildman–Crippen MR) is 311 cm³/mol. The topological polar surface area (TPSA) is 78.9 Å². The molecule has 0 amide bonds. The van der Waals surface area contributed by atoms with Crippen molar-refractivity contribution in [3.05, 3.63) is 122 Å². The van der Waals surface area contributed by atoms with Gasteiger partial charge in [0, 0.05) is 19.3 Å². The first-order chi connectivity index (χ1) is 35.5. The summed E-state index contributed by atoms with van der Waals surface area (Å²) in [5.41, 5.74) is 0. The molecule has 72 heavy (non-hydrogen) atoms. The average molecular weight is 998 g/mol. The van der Waals surface area contributed by atoms with Gasteiger partial charge in [-0.15, -0.1) is 0 Å². The summed E-state index contributed by atoms with van der Waals surface area (Å²) in [4.78, 5) is 38.2. The van der Waals surface area contributed by atoms with Gasteiger partial charge in [0.2, 0.25) is 0 Å². The maximum Gasteiger partial charge on any atom is 0.306 e. The molecule has 0 aromatic carbocycles. The van der Waals surface area contributed by atoms with Crippen LogP contribution in [0.1, 0.15) is 258 Å². The van der Waals surface area contributed by atoms with E-state index in [0.29, 0.717) is 19.3 Å². The minimum Gasteiger partial charge on any atom is -0.462 e. The molecule has 0 fully saturated rings. The molecule has 0 spiro atoms. The molecular formula is C66H108O6. The van der Waals surface area contributed by atoms with Gasteiger partial charge in [0.1, 0.15) is 13.2 Å². The van der Waals surface area contributed by atoms with E-state index in [1.54, 1.807) is 0 Å². The lowest BCUT2D eigenvalue weighted by atomic mass is 10.0. The van der Waals surface area contributed by atoms with E-state index in [1.807, 2.05) is 6.08 Å². The smallest absolute Gasteiger partial charge is 0.306 e. The normalized spacial score (nSPS) is 13.0. The monoisotopic (exact) mass is 997 g/mol. The minimum absolute atomic E-state index is 0.115. The molecule has 6 nitrogen and oxygen atoms in total. The number of unbranched alkanes of at least 4 members (excludes halogenated alkanes) is 21. The largest absolute Gasteiger partial charge is 0.462 e. The highest BCUT2D eigenvalue weighted by molar-refractivity contribution is 5.71.